The predicted octanol–water partition coefficient (Wildman–Crippen LogP) is 3.16. The first kappa shape index (κ1) is 15.6. The minimum absolute atomic E-state index is 0.110. The van der Waals surface area contributed by atoms with Crippen LogP contribution in [0.1, 0.15) is 32.1 Å². The largest absolute Gasteiger partial charge is 0.497 e. The van der Waals surface area contributed by atoms with E-state index in [-0.39, 0.29) is 12.8 Å². The lowest BCUT2D eigenvalue weighted by Crippen LogP contribution is -2.57. The number of hydrogen-bond acceptors (Lipinski definition) is 3. The third-order valence-corrected chi connectivity index (χ3v) is 6.06. The number of nitrogens with one attached hydrogen (secondary N) is 2. The Kier molecular flexibility index (Phi) is 4.25. The van der Waals surface area contributed by atoms with Crippen LogP contribution in [-0.2, 0) is 0 Å². The second kappa shape index (κ2) is 6.54. The van der Waals surface area contributed by atoms with Gasteiger partial charge in [0.05, 0.1) is 7.11 Å². The van der Waals surface area contributed by atoms with Gasteiger partial charge in [-0.3, -0.25) is 0 Å². The van der Waals surface area contributed by atoms with Crippen molar-refractivity contribution in [2.75, 3.05) is 13.8 Å². The Morgan fingerprint density at radius 3 is 2.17 bits per heavy atom. The number of urea groups is 1. The lowest BCUT2D eigenvalue weighted by Gasteiger charge is -2.54. The Morgan fingerprint density at radius 2 is 1.58 bits per heavy atom. The number of carbonyl (C=O) groups excluding carboxylic acids is 1. The summed E-state index contributed by atoms with van der Waals surface area (Å²) in [5.41, 5.74) is 0. The Morgan fingerprint density at radius 1 is 1.00 bits per heavy atom. The van der Waals surface area contributed by atoms with Gasteiger partial charge in [0.2, 0.25) is 0 Å². The van der Waals surface area contributed by atoms with Gasteiger partial charge < -0.3 is 20.1 Å². The number of rotatable bonds is 5. The van der Waals surface area contributed by atoms with Gasteiger partial charge >= 0.3 is 6.03 Å². The summed E-state index contributed by atoms with van der Waals surface area (Å²) >= 11 is 0. The lowest BCUT2D eigenvalue weighted by atomic mass is 9.54. The zero-order chi connectivity index (χ0) is 16.5. The molecule has 0 spiro atoms. The molecule has 0 heterocycles. The van der Waals surface area contributed by atoms with E-state index in [0.717, 1.165) is 17.6 Å². The van der Waals surface area contributed by atoms with Crippen LogP contribution >= 0.6 is 0 Å². The summed E-state index contributed by atoms with van der Waals surface area (Å²) in [6.45, 7) is 0.172. The highest BCUT2D eigenvalue weighted by atomic mass is 16.5. The molecule has 24 heavy (non-hydrogen) atoms. The molecule has 0 aliphatic heterocycles. The SMILES string of the molecule is COc1ccc(OCNC(=O)NC2C3CC4CC(C3)CC2C4)cc1. The van der Waals surface area contributed by atoms with Crippen LogP contribution in [0.25, 0.3) is 0 Å². The zero-order valence-corrected chi connectivity index (χ0v) is 14.2. The number of benzene rings is 1. The van der Waals surface area contributed by atoms with Crippen molar-refractivity contribution in [1.29, 1.82) is 0 Å². The highest BCUT2D eigenvalue weighted by Crippen LogP contribution is 2.53. The normalized spacial score (nSPS) is 33.1. The summed E-state index contributed by atoms with van der Waals surface area (Å²) in [4.78, 5) is 12.2. The molecule has 0 radical (unpaired) electrons. The zero-order valence-electron chi connectivity index (χ0n) is 14.2. The molecule has 5 nitrogen and oxygen atoms in total. The maximum Gasteiger partial charge on any atom is 0.317 e. The summed E-state index contributed by atoms with van der Waals surface area (Å²) < 4.78 is 10.7. The minimum Gasteiger partial charge on any atom is -0.497 e. The Bertz CT molecular complexity index is 559. The molecule has 5 heteroatoms. The van der Waals surface area contributed by atoms with Gasteiger partial charge in [-0.15, -0.1) is 0 Å². The number of hydrogen-bond donors (Lipinski definition) is 2. The molecule has 0 aromatic heterocycles. The van der Waals surface area contributed by atoms with Crippen molar-refractivity contribution in [3.63, 3.8) is 0 Å². The van der Waals surface area contributed by atoms with Gasteiger partial charge in [0.25, 0.3) is 0 Å². The van der Waals surface area contributed by atoms with E-state index in [1.165, 1.54) is 32.1 Å². The van der Waals surface area contributed by atoms with Gasteiger partial charge in [-0.2, -0.15) is 0 Å². The van der Waals surface area contributed by atoms with Crippen molar-refractivity contribution < 1.29 is 14.3 Å². The fraction of sp³-hybridized carbons (Fsp3) is 0.632. The van der Waals surface area contributed by atoms with Gasteiger partial charge in [0.1, 0.15) is 11.5 Å². The molecule has 0 atom stereocenters. The van der Waals surface area contributed by atoms with E-state index in [0.29, 0.717) is 23.6 Å². The fourth-order valence-electron chi connectivity index (χ4n) is 5.22. The maximum atomic E-state index is 12.2. The Labute approximate surface area is 143 Å². The molecule has 5 rings (SSSR count). The first-order valence-electron chi connectivity index (χ1n) is 9.02. The van der Waals surface area contributed by atoms with Crippen LogP contribution in [0.5, 0.6) is 11.5 Å². The van der Waals surface area contributed by atoms with Crippen molar-refractivity contribution in [2.24, 2.45) is 23.7 Å². The topological polar surface area (TPSA) is 59.6 Å². The van der Waals surface area contributed by atoms with Crippen molar-refractivity contribution in [2.45, 2.75) is 38.1 Å². The van der Waals surface area contributed by atoms with Crippen LogP contribution in [0, 0.1) is 23.7 Å². The van der Waals surface area contributed by atoms with Crippen molar-refractivity contribution >= 4 is 6.03 Å². The molecule has 2 amide bonds. The highest BCUT2D eigenvalue weighted by molar-refractivity contribution is 5.74. The van der Waals surface area contributed by atoms with E-state index in [1.807, 2.05) is 24.3 Å². The maximum absolute atomic E-state index is 12.2. The molecule has 1 aromatic rings. The van der Waals surface area contributed by atoms with E-state index in [2.05, 4.69) is 10.6 Å². The van der Waals surface area contributed by atoms with Gasteiger partial charge in [0.15, 0.2) is 6.73 Å². The van der Waals surface area contributed by atoms with Crippen LogP contribution < -0.4 is 20.1 Å². The standard InChI is InChI=1S/C19H26N2O3/c1-23-16-2-4-17(5-3-16)24-11-20-19(22)21-18-14-7-12-6-13(9-14)10-15(18)8-12/h2-5,12-15,18H,6-11H2,1H3,(H2,20,21,22). The molecule has 0 unspecified atom stereocenters. The Balaban J connectivity index is 1.23. The first-order valence-corrected chi connectivity index (χ1v) is 9.02. The lowest BCUT2D eigenvalue weighted by molar-refractivity contribution is -0.00958. The first-order chi connectivity index (χ1) is 11.7. The van der Waals surface area contributed by atoms with Crippen molar-refractivity contribution in [1.82, 2.24) is 10.6 Å². The average Bonchev–Trinajstić information content (AvgIpc) is 2.58. The van der Waals surface area contributed by atoms with E-state index in [4.69, 9.17) is 9.47 Å². The van der Waals surface area contributed by atoms with Gasteiger partial charge in [-0.05, 0) is 80.0 Å². The summed E-state index contributed by atoms with van der Waals surface area (Å²) in [6, 6.07) is 7.58. The molecule has 4 bridgehead atoms. The van der Waals surface area contributed by atoms with Crippen LogP contribution in [0.15, 0.2) is 24.3 Å². The molecule has 4 fully saturated rings. The summed E-state index contributed by atoms with van der Waals surface area (Å²) in [7, 11) is 1.63. The van der Waals surface area contributed by atoms with E-state index in [9.17, 15) is 4.79 Å². The molecule has 2 N–H and O–H groups in total. The summed E-state index contributed by atoms with van der Waals surface area (Å²) in [5.74, 6) is 4.73. The fourth-order valence-corrected chi connectivity index (χ4v) is 5.22. The quantitative estimate of drug-likeness (QED) is 0.815. The third kappa shape index (κ3) is 3.17. The minimum atomic E-state index is -0.110. The van der Waals surface area contributed by atoms with Crippen LogP contribution in [0.4, 0.5) is 4.79 Å². The predicted molar refractivity (Wildman–Crippen MR) is 91.0 cm³/mol. The van der Waals surface area contributed by atoms with E-state index in [1.54, 1.807) is 7.11 Å². The number of methoxy groups -OCH3 is 1. The molecule has 4 saturated carbocycles. The second-order valence-corrected chi connectivity index (χ2v) is 7.57. The molecule has 0 saturated heterocycles. The average molecular weight is 330 g/mol. The molecular formula is C19H26N2O3. The third-order valence-electron chi connectivity index (χ3n) is 6.06. The van der Waals surface area contributed by atoms with E-state index < -0.39 is 0 Å². The Hall–Kier alpha value is -1.91. The van der Waals surface area contributed by atoms with Crippen molar-refractivity contribution in [3.05, 3.63) is 24.3 Å². The molecule has 4 aliphatic rings. The number of amides is 2. The second-order valence-electron chi connectivity index (χ2n) is 7.57. The summed E-state index contributed by atoms with van der Waals surface area (Å²) in [6.07, 6.45) is 6.66. The van der Waals surface area contributed by atoms with Crippen LogP contribution in [0.3, 0.4) is 0 Å². The van der Waals surface area contributed by atoms with Gasteiger partial charge in [-0.25, -0.2) is 4.79 Å². The number of carbonyl (C=O) groups is 1. The molecular weight excluding hydrogens is 304 g/mol. The van der Waals surface area contributed by atoms with Crippen LogP contribution in [-0.4, -0.2) is 25.9 Å². The molecule has 130 valence electrons. The van der Waals surface area contributed by atoms with Crippen molar-refractivity contribution in [3.8, 4) is 11.5 Å². The molecule has 4 aliphatic carbocycles. The smallest absolute Gasteiger partial charge is 0.317 e. The van der Waals surface area contributed by atoms with Gasteiger partial charge in [-0.1, -0.05) is 0 Å². The van der Waals surface area contributed by atoms with Gasteiger partial charge in [0, 0.05) is 6.04 Å². The highest BCUT2D eigenvalue weighted by Gasteiger charge is 2.48. The molecule has 1 aromatic carbocycles. The van der Waals surface area contributed by atoms with E-state index >= 15 is 0 Å². The van der Waals surface area contributed by atoms with Crippen LogP contribution in [0.2, 0.25) is 0 Å². The number of ether oxygens (including phenoxy) is 2. The monoisotopic (exact) mass is 330 g/mol. The summed E-state index contributed by atoms with van der Waals surface area (Å²) in [5, 5.41) is 6.03.